The second-order valence-electron chi connectivity index (χ2n) is 7.35. The number of ether oxygens (including phenoxy) is 1. The van der Waals surface area contributed by atoms with E-state index in [0.29, 0.717) is 28.6 Å². The highest BCUT2D eigenvalue weighted by Crippen LogP contribution is 2.31. The molecule has 1 saturated heterocycles. The average Bonchev–Trinajstić information content (AvgIpc) is 3.14. The Morgan fingerprint density at radius 3 is 2.72 bits per heavy atom. The Morgan fingerprint density at radius 2 is 2.07 bits per heavy atom. The molecule has 0 aliphatic carbocycles. The Kier molecular flexibility index (Phi) is 7.36. The van der Waals surface area contributed by atoms with E-state index < -0.39 is 0 Å². The van der Waals surface area contributed by atoms with E-state index in [2.05, 4.69) is 27.7 Å². The lowest BCUT2D eigenvalue weighted by atomic mass is 10.1. The van der Waals surface area contributed by atoms with Crippen LogP contribution in [-0.2, 0) is 6.54 Å². The molecule has 2 atom stereocenters. The Bertz CT molecular complexity index is 832. The highest BCUT2D eigenvalue weighted by Gasteiger charge is 2.31. The first-order chi connectivity index (χ1) is 14.0. The van der Waals surface area contributed by atoms with Gasteiger partial charge in [-0.3, -0.25) is 9.69 Å². The van der Waals surface area contributed by atoms with Gasteiger partial charge in [0.25, 0.3) is 5.91 Å². The van der Waals surface area contributed by atoms with Crippen LogP contribution in [0.1, 0.15) is 22.3 Å². The number of aliphatic hydroxyl groups is 1. The van der Waals surface area contributed by atoms with Gasteiger partial charge in [0.15, 0.2) is 0 Å². The summed E-state index contributed by atoms with van der Waals surface area (Å²) < 4.78 is 5.35. The molecule has 1 aliphatic rings. The Balaban J connectivity index is 1.61. The lowest BCUT2D eigenvalue weighted by Gasteiger charge is -2.22. The maximum atomic E-state index is 12.7. The Labute approximate surface area is 176 Å². The number of methoxy groups -OCH3 is 1. The summed E-state index contributed by atoms with van der Waals surface area (Å²) in [5.41, 5.74) is 2.34. The molecule has 1 fully saturated rings. The minimum Gasteiger partial charge on any atom is -0.496 e. The number of rotatable bonds is 8. The van der Waals surface area contributed by atoms with Gasteiger partial charge >= 0.3 is 0 Å². The van der Waals surface area contributed by atoms with E-state index >= 15 is 0 Å². The number of benzene rings is 2. The van der Waals surface area contributed by atoms with E-state index in [1.807, 2.05) is 18.2 Å². The molecule has 0 bridgehead atoms. The summed E-state index contributed by atoms with van der Waals surface area (Å²) in [6, 6.07) is 13.7. The van der Waals surface area contributed by atoms with Gasteiger partial charge in [0.2, 0.25) is 0 Å². The third-order valence-corrected chi connectivity index (χ3v) is 5.72. The van der Waals surface area contributed by atoms with Crippen molar-refractivity contribution in [2.24, 2.45) is 5.92 Å². The fraction of sp³-hybridized carbons (Fsp3) is 0.409. The van der Waals surface area contributed by atoms with Gasteiger partial charge in [0.1, 0.15) is 5.75 Å². The number of halogens is 1. The molecule has 2 aromatic rings. The number of nitrogens with one attached hydrogen (secondary N) is 2. The fourth-order valence-electron chi connectivity index (χ4n) is 3.86. The quantitative estimate of drug-likeness (QED) is 0.615. The zero-order valence-corrected chi connectivity index (χ0v) is 17.6. The molecular formula is C22H28ClN3O3. The third-order valence-electron chi connectivity index (χ3n) is 5.41. The van der Waals surface area contributed by atoms with Crippen LogP contribution in [-0.4, -0.2) is 55.8 Å². The van der Waals surface area contributed by atoms with Crippen LogP contribution in [0, 0.1) is 5.92 Å². The van der Waals surface area contributed by atoms with Crippen LogP contribution in [0.25, 0.3) is 0 Å². The summed E-state index contributed by atoms with van der Waals surface area (Å²) in [5, 5.41) is 16.2. The summed E-state index contributed by atoms with van der Waals surface area (Å²) in [6.07, 6.45) is 0.847. The molecule has 29 heavy (non-hydrogen) atoms. The highest BCUT2D eigenvalue weighted by atomic mass is 35.5. The number of nitrogens with zero attached hydrogens (tertiary/aromatic N) is 1. The first-order valence-corrected chi connectivity index (χ1v) is 10.2. The van der Waals surface area contributed by atoms with Gasteiger partial charge in [-0.1, -0.05) is 41.9 Å². The minimum absolute atomic E-state index is 0.107. The van der Waals surface area contributed by atoms with E-state index in [4.69, 9.17) is 16.3 Å². The Hall–Kier alpha value is -2.28. The van der Waals surface area contributed by atoms with Crippen LogP contribution in [0.3, 0.4) is 0 Å². The van der Waals surface area contributed by atoms with Crippen molar-refractivity contribution in [3.63, 3.8) is 0 Å². The van der Waals surface area contributed by atoms with Gasteiger partial charge in [-0.05, 0) is 24.0 Å². The zero-order chi connectivity index (χ0) is 20.8. The first-order valence-electron chi connectivity index (χ1n) is 9.78. The normalized spacial score (nSPS) is 19.2. The molecule has 0 spiro atoms. The van der Waals surface area contributed by atoms with Crippen molar-refractivity contribution in [2.75, 3.05) is 39.2 Å². The van der Waals surface area contributed by atoms with Crippen molar-refractivity contribution in [3.8, 4) is 5.75 Å². The maximum Gasteiger partial charge on any atom is 0.255 e. The lowest BCUT2D eigenvalue weighted by Crippen LogP contribution is -2.32. The third kappa shape index (κ3) is 5.21. The van der Waals surface area contributed by atoms with E-state index in [9.17, 15) is 9.90 Å². The summed E-state index contributed by atoms with van der Waals surface area (Å²) in [4.78, 5) is 15.0. The molecule has 0 aromatic heterocycles. The molecule has 1 amide bonds. The molecule has 0 unspecified atom stereocenters. The van der Waals surface area contributed by atoms with Gasteiger partial charge < -0.3 is 20.5 Å². The van der Waals surface area contributed by atoms with Crippen molar-refractivity contribution in [1.82, 2.24) is 10.2 Å². The molecule has 1 heterocycles. The van der Waals surface area contributed by atoms with Crippen molar-refractivity contribution in [1.29, 1.82) is 0 Å². The smallest absolute Gasteiger partial charge is 0.255 e. The van der Waals surface area contributed by atoms with Crippen molar-refractivity contribution in [2.45, 2.75) is 19.0 Å². The molecule has 156 valence electrons. The molecule has 3 rings (SSSR count). The predicted molar refractivity (Wildman–Crippen MR) is 116 cm³/mol. The summed E-state index contributed by atoms with van der Waals surface area (Å²) >= 11 is 6.23. The molecule has 2 aromatic carbocycles. The SMILES string of the molecule is CNc1cc(OC)c(C(=O)NC[C@@H]2C[C@H](CO)N(Cc3ccccc3)C2)cc1Cl. The van der Waals surface area contributed by atoms with Crippen LogP contribution in [0.2, 0.25) is 5.02 Å². The van der Waals surface area contributed by atoms with E-state index in [-0.39, 0.29) is 24.5 Å². The number of carbonyl (C=O) groups is 1. The van der Waals surface area contributed by atoms with Gasteiger partial charge in [-0.2, -0.15) is 0 Å². The van der Waals surface area contributed by atoms with E-state index in [0.717, 1.165) is 19.5 Å². The summed E-state index contributed by atoms with van der Waals surface area (Å²) in [6.45, 7) is 2.28. The van der Waals surface area contributed by atoms with E-state index in [1.54, 1.807) is 19.2 Å². The standard InChI is InChI=1S/C22H28ClN3O3/c1-24-20-10-21(29-2)18(9-19(20)23)22(28)25-11-16-8-17(14-27)26(13-16)12-15-6-4-3-5-7-15/h3-7,9-10,16-17,24,27H,8,11-14H2,1-2H3,(H,25,28)/t16-,17+/m0/s1. The number of aliphatic hydroxyl groups excluding tert-OH is 1. The Morgan fingerprint density at radius 1 is 1.31 bits per heavy atom. The summed E-state index contributed by atoms with van der Waals surface area (Å²) in [7, 11) is 3.29. The predicted octanol–water partition coefficient (Wildman–Crippen LogP) is 3.00. The minimum atomic E-state index is -0.214. The fourth-order valence-corrected chi connectivity index (χ4v) is 4.12. The number of hydrogen-bond donors (Lipinski definition) is 3. The van der Waals surface area contributed by atoms with Crippen LogP contribution in [0.5, 0.6) is 5.75 Å². The van der Waals surface area contributed by atoms with Crippen LogP contribution >= 0.6 is 11.6 Å². The number of amides is 1. The van der Waals surface area contributed by atoms with Gasteiger partial charge in [-0.25, -0.2) is 0 Å². The monoisotopic (exact) mass is 417 g/mol. The molecular weight excluding hydrogens is 390 g/mol. The molecule has 3 N–H and O–H groups in total. The molecule has 0 radical (unpaired) electrons. The van der Waals surface area contributed by atoms with Gasteiger partial charge in [0.05, 0.1) is 30.0 Å². The number of anilines is 1. The molecule has 1 aliphatic heterocycles. The second kappa shape index (κ2) is 9.96. The number of hydrogen-bond acceptors (Lipinski definition) is 5. The average molecular weight is 418 g/mol. The van der Waals surface area contributed by atoms with Crippen molar-refractivity contribution < 1.29 is 14.6 Å². The van der Waals surface area contributed by atoms with Crippen LogP contribution in [0.4, 0.5) is 5.69 Å². The lowest BCUT2D eigenvalue weighted by molar-refractivity contribution is 0.0944. The van der Waals surface area contributed by atoms with Gasteiger partial charge in [0, 0.05) is 38.8 Å². The van der Waals surface area contributed by atoms with Crippen LogP contribution in [0.15, 0.2) is 42.5 Å². The maximum absolute atomic E-state index is 12.7. The zero-order valence-electron chi connectivity index (χ0n) is 16.8. The number of likely N-dealkylation sites (tertiary alicyclic amines) is 1. The highest BCUT2D eigenvalue weighted by molar-refractivity contribution is 6.33. The first kappa shape index (κ1) is 21.4. The van der Waals surface area contributed by atoms with E-state index in [1.165, 1.54) is 12.7 Å². The second-order valence-corrected chi connectivity index (χ2v) is 7.75. The molecule has 6 nitrogen and oxygen atoms in total. The number of carbonyl (C=O) groups excluding carboxylic acids is 1. The van der Waals surface area contributed by atoms with Gasteiger partial charge in [-0.15, -0.1) is 0 Å². The molecule has 0 saturated carbocycles. The van der Waals surface area contributed by atoms with Crippen molar-refractivity contribution in [3.05, 3.63) is 58.6 Å². The van der Waals surface area contributed by atoms with Crippen LogP contribution < -0.4 is 15.4 Å². The largest absolute Gasteiger partial charge is 0.496 e. The topological polar surface area (TPSA) is 73.8 Å². The summed E-state index contributed by atoms with van der Waals surface area (Å²) in [5.74, 6) is 0.535. The molecule has 7 heteroatoms. The van der Waals surface area contributed by atoms with Crippen molar-refractivity contribution >= 4 is 23.2 Å².